The van der Waals surface area contributed by atoms with Gasteiger partial charge in [0, 0.05) is 24.8 Å². The van der Waals surface area contributed by atoms with Crippen molar-refractivity contribution >= 4 is 11.8 Å². The van der Waals surface area contributed by atoms with E-state index in [1.54, 1.807) is 11.8 Å². The van der Waals surface area contributed by atoms with E-state index in [9.17, 15) is 5.26 Å². The van der Waals surface area contributed by atoms with E-state index in [0.717, 1.165) is 29.7 Å². The maximum absolute atomic E-state index is 9.41. The van der Waals surface area contributed by atoms with Crippen molar-refractivity contribution in [2.24, 2.45) is 0 Å². The highest BCUT2D eigenvalue weighted by Gasteiger charge is 2.33. The molecule has 1 aromatic heterocycles. The van der Waals surface area contributed by atoms with E-state index in [1.807, 2.05) is 6.92 Å². The predicted molar refractivity (Wildman–Crippen MR) is 78.5 cm³/mol. The summed E-state index contributed by atoms with van der Waals surface area (Å²) in [5, 5.41) is 22.4. The number of fused-ring (bicyclic) bond motifs is 1. The van der Waals surface area contributed by atoms with Gasteiger partial charge in [0.05, 0.1) is 6.07 Å². The van der Waals surface area contributed by atoms with Crippen LogP contribution in [0.25, 0.3) is 0 Å². The van der Waals surface area contributed by atoms with Crippen LogP contribution in [0.4, 0.5) is 0 Å². The molecule has 108 valence electrons. The minimum atomic E-state index is -0.469. The summed E-state index contributed by atoms with van der Waals surface area (Å²) in [4.78, 5) is 0. The molecule has 1 aliphatic carbocycles. The van der Waals surface area contributed by atoms with Crippen molar-refractivity contribution in [3.63, 3.8) is 0 Å². The van der Waals surface area contributed by atoms with E-state index < -0.39 is 5.54 Å². The zero-order chi connectivity index (χ0) is 14.0. The predicted octanol–water partition coefficient (Wildman–Crippen LogP) is 2.13. The van der Waals surface area contributed by atoms with Gasteiger partial charge in [0.15, 0.2) is 5.16 Å². The van der Waals surface area contributed by atoms with Crippen molar-refractivity contribution in [1.29, 1.82) is 5.26 Å². The Morgan fingerprint density at radius 1 is 1.40 bits per heavy atom. The first-order chi connectivity index (χ1) is 9.70. The lowest BCUT2D eigenvalue weighted by molar-refractivity contribution is 0.489. The average Bonchev–Trinajstić information content (AvgIpc) is 3.22. The van der Waals surface area contributed by atoms with Crippen LogP contribution in [-0.2, 0) is 13.0 Å². The number of aryl methyl sites for hydroxylation is 1. The SMILES string of the molecule is CC(C#N)(CSc1nnc2n1CCCCC2)NC1CC1. The Labute approximate surface area is 124 Å². The molecule has 0 aromatic carbocycles. The second kappa shape index (κ2) is 5.74. The molecular weight excluding hydrogens is 270 g/mol. The van der Waals surface area contributed by atoms with E-state index in [4.69, 9.17) is 0 Å². The van der Waals surface area contributed by atoms with Gasteiger partial charge in [-0.2, -0.15) is 5.26 Å². The molecule has 0 bridgehead atoms. The highest BCUT2D eigenvalue weighted by Crippen LogP contribution is 2.27. The first-order valence-electron chi connectivity index (χ1n) is 7.44. The molecule has 5 nitrogen and oxygen atoms in total. The number of rotatable bonds is 5. The molecule has 1 fully saturated rings. The summed E-state index contributed by atoms with van der Waals surface area (Å²) < 4.78 is 2.24. The number of hydrogen-bond donors (Lipinski definition) is 1. The van der Waals surface area contributed by atoms with Crippen molar-refractivity contribution in [2.75, 3.05) is 5.75 Å². The zero-order valence-corrected chi connectivity index (χ0v) is 12.7. The molecule has 0 radical (unpaired) electrons. The van der Waals surface area contributed by atoms with Gasteiger partial charge >= 0.3 is 0 Å². The van der Waals surface area contributed by atoms with E-state index in [-0.39, 0.29) is 0 Å². The summed E-state index contributed by atoms with van der Waals surface area (Å²) >= 11 is 1.66. The maximum atomic E-state index is 9.41. The standard InChI is InChI=1S/C14H21N5S/c1-14(9-15,16-11-6-7-11)10-20-13-18-17-12-5-3-2-4-8-19(12)13/h11,16H,2-8,10H2,1H3. The van der Waals surface area contributed by atoms with Crippen LogP contribution in [0.2, 0.25) is 0 Å². The van der Waals surface area contributed by atoms with Crippen molar-refractivity contribution in [2.45, 2.75) is 68.7 Å². The molecule has 1 aliphatic heterocycles. The number of hydrogen-bond acceptors (Lipinski definition) is 5. The number of nitriles is 1. The largest absolute Gasteiger partial charge is 0.306 e. The minimum Gasteiger partial charge on any atom is -0.306 e. The third-order valence-electron chi connectivity index (χ3n) is 3.91. The van der Waals surface area contributed by atoms with E-state index in [1.165, 1.54) is 32.1 Å². The van der Waals surface area contributed by atoms with Gasteiger partial charge in [-0.1, -0.05) is 18.2 Å². The molecule has 1 aromatic rings. The quantitative estimate of drug-likeness (QED) is 0.842. The summed E-state index contributed by atoms with van der Waals surface area (Å²) in [6.45, 7) is 3.00. The molecule has 1 saturated carbocycles. The van der Waals surface area contributed by atoms with Crippen LogP contribution >= 0.6 is 11.8 Å². The lowest BCUT2D eigenvalue weighted by Gasteiger charge is -2.22. The monoisotopic (exact) mass is 291 g/mol. The summed E-state index contributed by atoms with van der Waals surface area (Å²) in [5.74, 6) is 1.83. The second-order valence-electron chi connectivity index (χ2n) is 6.01. The van der Waals surface area contributed by atoms with Crippen molar-refractivity contribution in [3.05, 3.63) is 5.82 Å². The van der Waals surface area contributed by atoms with Gasteiger partial charge in [0.1, 0.15) is 11.4 Å². The molecule has 2 aliphatic rings. The van der Waals surface area contributed by atoms with Gasteiger partial charge in [0.2, 0.25) is 0 Å². The van der Waals surface area contributed by atoms with Crippen LogP contribution in [-0.4, -0.2) is 32.1 Å². The Hall–Kier alpha value is -1.06. The summed E-state index contributed by atoms with van der Waals surface area (Å²) in [6, 6.07) is 2.95. The zero-order valence-electron chi connectivity index (χ0n) is 11.9. The molecule has 0 amide bonds. The van der Waals surface area contributed by atoms with Crippen LogP contribution in [0.1, 0.15) is 44.9 Å². The first kappa shape index (κ1) is 13.9. The molecule has 6 heteroatoms. The van der Waals surface area contributed by atoms with E-state index in [0.29, 0.717) is 6.04 Å². The fourth-order valence-electron chi connectivity index (χ4n) is 2.56. The highest BCUT2D eigenvalue weighted by atomic mass is 32.2. The van der Waals surface area contributed by atoms with Gasteiger partial charge in [-0.3, -0.25) is 5.32 Å². The topological polar surface area (TPSA) is 66.5 Å². The highest BCUT2D eigenvalue weighted by molar-refractivity contribution is 7.99. The summed E-state index contributed by atoms with van der Waals surface area (Å²) in [7, 11) is 0. The Morgan fingerprint density at radius 2 is 2.25 bits per heavy atom. The molecule has 20 heavy (non-hydrogen) atoms. The van der Waals surface area contributed by atoms with Crippen molar-refractivity contribution < 1.29 is 0 Å². The Morgan fingerprint density at radius 3 is 3.00 bits per heavy atom. The van der Waals surface area contributed by atoms with Gasteiger partial charge in [-0.05, 0) is 32.6 Å². The number of nitrogens with one attached hydrogen (secondary N) is 1. The summed E-state index contributed by atoms with van der Waals surface area (Å²) in [6.07, 6.45) is 7.11. The van der Waals surface area contributed by atoms with E-state index in [2.05, 4.69) is 26.2 Å². The molecule has 3 rings (SSSR count). The number of thioether (sulfide) groups is 1. The summed E-state index contributed by atoms with van der Waals surface area (Å²) in [5.41, 5.74) is -0.469. The molecular formula is C14H21N5S. The van der Waals surface area contributed by atoms with Crippen LogP contribution in [0.3, 0.4) is 0 Å². The Kier molecular flexibility index (Phi) is 3.99. The molecule has 0 spiro atoms. The van der Waals surface area contributed by atoms with Crippen molar-refractivity contribution in [1.82, 2.24) is 20.1 Å². The van der Waals surface area contributed by atoms with Gasteiger partial charge < -0.3 is 4.57 Å². The van der Waals surface area contributed by atoms with Crippen molar-refractivity contribution in [3.8, 4) is 6.07 Å². The lowest BCUT2D eigenvalue weighted by atomic mass is 10.1. The Bertz CT molecular complexity index is 516. The second-order valence-corrected chi connectivity index (χ2v) is 6.95. The van der Waals surface area contributed by atoms with Gasteiger partial charge in [-0.15, -0.1) is 10.2 Å². The normalized spacial score (nSPS) is 21.6. The molecule has 0 saturated heterocycles. The molecule has 1 atom stereocenters. The minimum absolute atomic E-state index is 0.469. The molecule has 1 unspecified atom stereocenters. The smallest absolute Gasteiger partial charge is 0.191 e. The fraction of sp³-hybridized carbons (Fsp3) is 0.786. The van der Waals surface area contributed by atoms with Crippen LogP contribution in [0.5, 0.6) is 0 Å². The average molecular weight is 291 g/mol. The maximum Gasteiger partial charge on any atom is 0.191 e. The van der Waals surface area contributed by atoms with Crippen LogP contribution in [0, 0.1) is 11.3 Å². The Balaban J connectivity index is 1.65. The van der Waals surface area contributed by atoms with Crippen LogP contribution < -0.4 is 5.32 Å². The van der Waals surface area contributed by atoms with E-state index >= 15 is 0 Å². The van der Waals surface area contributed by atoms with Crippen LogP contribution in [0.15, 0.2) is 5.16 Å². The third kappa shape index (κ3) is 3.15. The fourth-order valence-corrected chi connectivity index (χ4v) is 3.58. The molecule has 2 heterocycles. The van der Waals surface area contributed by atoms with Gasteiger partial charge in [0.25, 0.3) is 0 Å². The molecule has 1 N–H and O–H groups in total. The third-order valence-corrected chi connectivity index (χ3v) is 5.19. The van der Waals surface area contributed by atoms with Gasteiger partial charge in [-0.25, -0.2) is 0 Å². The lowest BCUT2D eigenvalue weighted by Crippen LogP contribution is -2.44. The first-order valence-corrected chi connectivity index (χ1v) is 8.42. The number of aromatic nitrogens is 3. The number of nitrogens with zero attached hydrogens (tertiary/aromatic N) is 4.